The van der Waals surface area contributed by atoms with Crippen molar-refractivity contribution in [2.24, 2.45) is 0 Å². The van der Waals surface area contributed by atoms with Gasteiger partial charge in [-0.1, -0.05) is 17.7 Å². The van der Waals surface area contributed by atoms with Gasteiger partial charge in [0.1, 0.15) is 5.75 Å². The predicted octanol–water partition coefficient (Wildman–Crippen LogP) is 3.57. The quantitative estimate of drug-likeness (QED) is 0.784. The van der Waals surface area contributed by atoms with Crippen molar-refractivity contribution < 1.29 is 28.5 Å². The minimum Gasteiger partial charge on any atom is -0.495 e. The van der Waals surface area contributed by atoms with Crippen LogP contribution in [0.15, 0.2) is 30.3 Å². The number of carbonyl (C=O) groups is 2. The minimum atomic E-state index is -1.04. The molecular weight excluding hydrogens is 374 g/mol. The van der Waals surface area contributed by atoms with Crippen LogP contribution < -0.4 is 19.5 Å². The summed E-state index contributed by atoms with van der Waals surface area (Å²) in [6.45, 7) is 3.40. The number of methoxy groups -OCH3 is 1. The van der Waals surface area contributed by atoms with Gasteiger partial charge in [0.25, 0.3) is 5.91 Å². The first kappa shape index (κ1) is 18.8. The molecule has 0 aliphatic carbocycles. The second-order valence-electron chi connectivity index (χ2n) is 5.93. The van der Waals surface area contributed by atoms with Gasteiger partial charge in [-0.15, -0.1) is 0 Å². The molecule has 1 N–H and O–H groups in total. The second kappa shape index (κ2) is 7.75. The zero-order valence-electron chi connectivity index (χ0n) is 15.0. The maximum atomic E-state index is 12.4. The van der Waals surface area contributed by atoms with E-state index in [1.165, 1.54) is 26.2 Å². The fourth-order valence-electron chi connectivity index (χ4n) is 2.52. The standard InChI is InChI=1S/C19H18ClNO6/c1-10-4-5-15(24-3)14(6-10)21-18(22)11(2)27-19(23)12-7-13(20)17-16(8-12)25-9-26-17/h4-8,11H,9H2,1-3H3,(H,21,22)/t11-/m0/s1. The number of hydrogen-bond donors (Lipinski definition) is 1. The second-order valence-corrected chi connectivity index (χ2v) is 6.34. The lowest BCUT2D eigenvalue weighted by Gasteiger charge is -2.16. The molecule has 2 aromatic carbocycles. The van der Waals surface area contributed by atoms with Crippen molar-refractivity contribution in [3.8, 4) is 17.2 Å². The van der Waals surface area contributed by atoms with E-state index in [0.29, 0.717) is 22.9 Å². The van der Waals surface area contributed by atoms with Crippen molar-refractivity contribution in [1.82, 2.24) is 0 Å². The molecule has 1 amide bonds. The van der Waals surface area contributed by atoms with Gasteiger partial charge in [0.2, 0.25) is 6.79 Å². The average Bonchev–Trinajstić information content (AvgIpc) is 3.11. The van der Waals surface area contributed by atoms with Crippen LogP contribution in [-0.2, 0) is 9.53 Å². The van der Waals surface area contributed by atoms with Crippen LogP contribution in [0.1, 0.15) is 22.8 Å². The monoisotopic (exact) mass is 391 g/mol. The highest BCUT2D eigenvalue weighted by Crippen LogP contribution is 2.40. The molecule has 1 heterocycles. The first-order valence-electron chi connectivity index (χ1n) is 8.14. The summed E-state index contributed by atoms with van der Waals surface area (Å²) in [5.41, 5.74) is 1.61. The largest absolute Gasteiger partial charge is 0.495 e. The summed E-state index contributed by atoms with van der Waals surface area (Å²) in [6, 6.07) is 8.25. The van der Waals surface area contributed by atoms with Crippen LogP contribution in [0.2, 0.25) is 5.02 Å². The number of aryl methyl sites for hydroxylation is 1. The van der Waals surface area contributed by atoms with E-state index in [4.69, 9.17) is 30.5 Å². The third kappa shape index (κ3) is 4.09. The van der Waals surface area contributed by atoms with Gasteiger partial charge in [-0.2, -0.15) is 0 Å². The molecular formula is C19H18ClNO6. The fourth-order valence-corrected chi connectivity index (χ4v) is 2.79. The van der Waals surface area contributed by atoms with Crippen LogP contribution in [0.5, 0.6) is 17.2 Å². The molecule has 27 heavy (non-hydrogen) atoms. The van der Waals surface area contributed by atoms with Crippen molar-refractivity contribution >= 4 is 29.2 Å². The summed E-state index contributed by atoms with van der Waals surface area (Å²) in [4.78, 5) is 24.8. The highest BCUT2D eigenvalue weighted by molar-refractivity contribution is 6.32. The molecule has 1 aliphatic rings. The highest BCUT2D eigenvalue weighted by atomic mass is 35.5. The van der Waals surface area contributed by atoms with Gasteiger partial charge in [-0.05, 0) is 43.7 Å². The summed E-state index contributed by atoms with van der Waals surface area (Å²) in [5, 5.41) is 2.93. The first-order valence-corrected chi connectivity index (χ1v) is 8.52. The van der Waals surface area contributed by atoms with Crippen molar-refractivity contribution in [3.63, 3.8) is 0 Å². The Morgan fingerprint density at radius 2 is 2.00 bits per heavy atom. The number of benzene rings is 2. The Balaban J connectivity index is 1.69. The van der Waals surface area contributed by atoms with E-state index in [2.05, 4.69) is 5.32 Å². The molecule has 0 unspecified atom stereocenters. The maximum Gasteiger partial charge on any atom is 0.339 e. The first-order chi connectivity index (χ1) is 12.9. The number of hydrogen-bond acceptors (Lipinski definition) is 6. The third-order valence-electron chi connectivity index (χ3n) is 3.93. The van der Waals surface area contributed by atoms with E-state index >= 15 is 0 Å². The van der Waals surface area contributed by atoms with E-state index in [-0.39, 0.29) is 17.4 Å². The lowest BCUT2D eigenvalue weighted by atomic mass is 10.2. The van der Waals surface area contributed by atoms with Crippen LogP contribution in [0.25, 0.3) is 0 Å². The van der Waals surface area contributed by atoms with Gasteiger partial charge < -0.3 is 24.3 Å². The normalized spacial score (nSPS) is 13.0. The molecule has 0 saturated heterocycles. The van der Waals surface area contributed by atoms with Gasteiger partial charge in [0.15, 0.2) is 17.6 Å². The molecule has 3 rings (SSSR count). The van der Waals surface area contributed by atoms with Gasteiger partial charge in [0, 0.05) is 0 Å². The number of esters is 1. The Morgan fingerprint density at radius 3 is 2.74 bits per heavy atom. The van der Waals surface area contributed by atoms with E-state index < -0.39 is 18.0 Å². The smallest absolute Gasteiger partial charge is 0.339 e. The Hall–Kier alpha value is -2.93. The number of fused-ring (bicyclic) bond motifs is 1. The molecule has 1 atom stereocenters. The molecule has 142 valence electrons. The summed E-state index contributed by atoms with van der Waals surface area (Å²) in [6.07, 6.45) is -1.04. The van der Waals surface area contributed by atoms with Crippen molar-refractivity contribution in [2.45, 2.75) is 20.0 Å². The van der Waals surface area contributed by atoms with Crippen LogP contribution >= 0.6 is 11.6 Å². The lowest BCUT2D eigenvalue weighted by molar-refractivity contribution is -0.123. The predicted molar refractivity (Wildman–Crippen MR) is 98.8 cm³/mol. The Kier molecular flexibility index (Phi) is 5.41. The van der Waals surface area contributed by atoms with Crippen LogP contribution in [0, 0.1) is 6.92 Å². The summed E-state index contributed by atoms with van der Waals surface area (Å²) in [5.74, 6) is 0.0600. The molecule has 0 bridgehead atoms. The summed E-state index contributed by atoms with van der Waals surface area (Å²) in [7, 11) is 1.51. The average molecular weight is 392 g/mol. The van der Waals surface area contributed by atoms with Crippen LogP contribution in [0.3, 0.4) is 0 Å². The molecule has 0 spiro atoms. The summed E-state index contributed by atoms with van der Waals surface area (Å²) >= 11 is 6.07. The zero-order valence-corrected chi connectivity index (χ0v) is 15.8. The van der Waals surface area contributed by atoms with Gasteiger partial charge >= 0.3 is 5.97 Å². The fraction of sp³-hybridized carbons (Fsp3) is 0.263. The lowest BCUT2D eigenvalue weighted by Crippen LogP contribution is -2.30. The molecule has 0 radical (unpaired) electrons. The number of nitrogens with one attached hydrogen (secondary N) is 1. The summed E-state index contributed by atoms with van der Waals surface area (Å²) < 4.78 is 20.9. The Bertz CT molecular complexity index is 898. The molecule has 0 aromatic heterocycles. The molecule has 1 aliphatic heterocycles. The number of anilines is 1. The van der Waals surface area contributed by atoms with E-state index in [9.17, 15) is 9.59 Å². The molecule has 8 heteroatoms. The van der Waals surface area contributed by atoms with Gasteiger partial charge in [-0.25, -0.2) is 4.79 Å². The number of rotatable bonds is 5. The number of amides is 1. The molecule has 0 fully saturated rings. The van der Waals surface area contributed by atoms with E-state index in [0.717, 1.165) is 5.56 Å². The number of carbonyl (C=O) groups excluding carboxylic acids is 2. The van der Waals surface area contributed by atoms with Crippen molar-refractivity contribution in [3.05, 3.63) is 46.5 Å². The molecule has 7 nitrogen and oxygen atoms in total. The highest BCUT2D eigenvalue weighted by Gasteiger charge is 2.24. The van der Waals surface area contributed by atoms with Crippen LogP contribution in [-0.4, -0.2) is 31.9 Å². The van der Waals surface area contributed by atoms with E-state index in [1.54, 1.807) is 12.1 Å². The number of halogens is 1. The minimum absolute atomic E-state index is 0.0324. The van der Waals surface area contributed by atoms with E-state index in [1.807, 2.05) is 13.0 Å². The van der Waals surface area contributed by atoms with Gasteiger partial charge in [-0.3, -0.25) is 4.79 Å². The maximum absolute atomic E-state index is 12.4. The third-order valence-corrected chi connectivity index (χ3v) is 4.21. The zero-order chi connectivity index (χ0) is 19.6. The van der Waals surface area contributed by atoms with Crippen LogP contribution in [0.4, 0.5) is 5.69 Å². The topological polar surface area (TPSA) is 83.1 Å². The Labute approximate surface area is 161 Å². The molecule has 0 saturated carbocycles. The number of ether oxygens (including phenoxy) is 4. The Morgan fingerprint density at radius 1 is 1.22 bits per heavy atom. The van der Waals surface area contributed by atoms with Crippen molar-refractivity contribution in [1.29, 1.82) is 0 Å². The van der Waals surface area contributed by atoms with Crippen molar-refractivity contribution in [2.75, 3.05) is 19.2 Å². The molecule has 2 aromatic rings. The van der Waals surface area contributed by atoms with Gasteiger partial charge in [0.05, 0.1) is 23.4 Å². The SMILES string of the molecule is COc1ccc(C)cc1NC(=O)[C@H](C)OC(=O)c1cc(Cl)c2c(c1)OCO2.